The number of likely N-dealkylation sites (tertiary alicyclic amines) is 1. The third-order valence-corrected chi connectivity index (χ3v) is 5.27. The van der Waals surface area contributed by atoms with Gasteiger partial charge < -0.3 is 19.1 Å². The first-order valence-corrected chi connectivity index (χ1v) is 8.99. The quantitative estimate of drug-likeness (QED) is 0.778. The van der Waals surface area contributed by atoms with E-state index in [1.165, 1.54) is 0 Å². The van der Waals surface area contributed by atoms with E-state index in [2.05, 4.69) is 0 Å². The lowest BCUT2D eigenvalue weighted by molar-refractivity contribution is -0.137. The monoisotopic (exact) mass is 367 g/mol. The van der Waals surface area contributed by atoms with E-state index in [0.29, 0.717) is 37.2 Å². The van der Waals surface area contributed by atoms with Crippen molar-refractivity contribution in [1.82, 2.24) is 4.90 Å². The Morgan fingerprint density at radius 3 is 2.44 bits per heavy atom. The van der Waals surface area contributed by atoms with Crippen LogP contribution in [0.2, 0.25) is 0 Å². The van der Waals surface area contributed by atoms with Gasteiger partial charge in [0.25, 0.3) is 5.91 Å². The molecule has 140 valence electrons. The van der Waals surface area contributed by atoms with Gasteiger partial charge in [-0.05, 0) is 30.3 Å². The number of benzene rings is 2. The van der Waals surface area contributed by atoms with Gasteiger partial charge in [0, 0.05) is 31.5 Å². The second kappa shape index (κ2) is 6.95. The largest absolute Gasteiger partial charge is 0.497 e. The van der Waals surface area contributed by atoms with Crippen LogP contribution in [0, 0.1) is 0 Å². The van der Waals surface area contributed by atoms with Crippen molar-refractivity contribution in [3.05, 3.63) is 59.7 Å². The molecule has 2 aromatic rings. The van der Waals surface area contributed by atoms with E-state index in [0.717, 1.165) is 11.3 Å². The van der Waals surface area contributed by atoms with Crippen molar-refractivity contribution >= 4 is 11.9 Å². The Hall–Kier alpha value is -3.02. The number of nitrogens with zero attached hydrogens (tertiary/aromatic N) is 1. The first kappa shape index (κ1) is 17.4. The number of amides is 1. The van der Waals surface area contributed by atoms with Crippen LogP contribution in [0.25, 0.3) is 0 Å². The van der Waals surface area contributed by atoms with E-state index in [1.54, 1.807) is 42.3 Å². The predicted molar refractivity (Wildman–Crippen MR) is 97.8 cm³/mol. The summed E-state index contributed by atoms with van der Waals surface area (Å²) in [5, 5.41) is 0. The summed E-state index contributed by atoms with van der Waals surface area (Å²) >= 11 is 0. The fraction of sp³-hybridized carbons (Fsp3) is 0.333. The number of fused-ring (bicyclic) bond motifs is 2. The Morgan fingerprint density at radius 1 is 1.07 bits per heavy atom. The molecule has 6 nitrogen and oxygen atoms in total. The summed E-state index contributed by atoms with van der Waals surface area (Å²) in [6, 6.07) is 14.6. The fourth-order valence-electron chi connectivity index (χ4n) is 3.74. The van der Waals surface area contributed by atoms with Crippen molar-refractivity contribution < 1.29 is 23.8 Å². The van der Waals surface area contributed by atoms with Crippen molar-refractivity contribution in [1.29, 1.82) is 0 Å². The molecular formula is C21H21NO5. The van der Waals surface area contributed by atoms with Crippen molar-refractivity contribution in [3.8, 4) is 11.5 Å². The average molecular weight is 367 g/mol. The molecule has 0 unspecified atom stereocenters. The topological polar surface area (TPSA) is 65.1 Å². The molecule has 0 saturated carbocycles. The zero-order valence-corrected chi connectivity index (χ0v) is 15.1. The summed E-state index contributed by atoms with van der Waals surface area (Å²) in [6.07, 6.45) is 1.20. The number of methoxy groups -OCH3 is 1. The summed E-state index contributed by atoms with van der Waals surface area (Å²) in [6.45, 7) is 1.05. The lowest BCUT2D eigenvalue weighted by Gasteiger charge is -2.38. The Balaban J connectivity index is 1.35. The van der Waals surface area contributed by atoms with Crippen molar-refractivity contribution in [2.24, 2.45) is 0 Å². The van der Waals surface area contributed by atoms with Crippen molar-refractivity contribution in [2.45, 2.75) is 18.4 Å². The average Bonchev–Trinajstić information content (AvgIpc) is 2.99. The number of carbonyl (C=O) groups excluding carboxylic acids is 2. The summed E-state index contributed by atoms with van der Waals surface area (Å²) in [5.41, 5.74) is 0.984. The minimum atomic E-state index is -0.596. The number of piperidine rings is 1. The summed E-state index contributed by atoms with van der Waals surface area (Å²) in [5.74, 6) is 1.02. The van der Waals surface area contributed by atoms with Crippen LogP contribution in [0.3, 0.4) is 0 Å². The molecule has 0 N–H and O–H groups in total. The van der Waals surface area contributed by atoms with Gasteiger partial charge in [-0.25, -0.2) is 4.79 Å². The molecule has 0 bridgehead atoms. The summed E-state index contributed by atoms with van der Waals surface area (Å²) in [7, 11) is 1.60. The highest BCUT2D eigenvalue weighted by atomic mass is 16.6. The fourth-order valence-corrected chi connectivity index (χ4v) is 3.74. The molecule has 1 amide bonds. The van der Waals surface area contributed by atoms with Gasteiger partial charge in [-0.3, -0.25) is 4.79 Å². The van der Waals surface area contributed by atoms with E-state index < -0.39 is 5.60 Å². The minimum absolute atomic E-state index is 0.0182. The van der Waals surface area contributed by atoms with Crippen LogP contribution >= 0.6 is 0 Å². The number of esters is 1. The highest BCUT2D eigenvalue weighted by molar-refractivity contribution is 5.94. The lowest BCUT2D eigenvalue weighted by atomic mass is 9.84. The molecule has 2 heterocycles. The van der Waals surface area contributed by atoms with E-state index in [4.69, 9.17) is 14.2 Å². The maximum atomic E-state index is 12.5. The Bertz CT molecular complexity index is 853. The van der Waals surface area contributed by atoms with Gasteiger partial charge in [-0.15, -0.1) is 0 Å². The molecule has 27 heavy (non-hydrogen) atoms. The molecular weight excluding hydrogens is 346 g/mol. The highest BCUT2D eigenvalue weighted by Gasteiger charge is 2.47. The normalized spacial score (nSPS) is 17.4. The van der Waals surface area contributed by atoms with Gasteiger partial charge >= 0.3 is 5.97 Å². The van der Waals surface area contributed by atoms with Gasteiger partial charge in [0.05, 0.1) is 12.7 Å². The molecule has 0 atom stereocenters. The Kier molecular flexibility index (Phi) is 4.48. The molecule has 1 fully saturated rings. The summed E-state index contributed by atoms with van der Waals surface area (Å²) < 4.78 is 16.4. The van der Waals surface area contributed by atoms with E-state index in [9.17, 15) is 9.59 Å². The molecule has 0 aliphatic carbocycles. The molecule has 2 aromatic carbocycles. The maximum absolute atomic E-state index is 12.5. The summed E-state index contributed by atoms with van der Waals surface area (Å²) in [4.78, 5) is 26.4. The zero-order valence-electron chi connectivity index (χ0n) is 15.1. The minimum Gasteiger partial charge on any atom is -0.497 e. The van der Waals surface area contributed by atoms with Crippen LogP contribution in [0.1, 0.15) is 28.8 Å². The van der Waals surface area contributed by atoms with Gasteiger partial charge in [0.1, 0.15) is 17.1 Å². The first-order chi connectivity index (χ1) is 13.1. The number of ether oxygens (including phenoxy) is 3. The Morgan fingerprint density at radius 2 is 1.74 bits per heavy atom. The molecule has 2 aliphatic heterocycles. The van der Waals surface area contributed by atoms with Crippen LogP contribution in [0.15, 0.2) is 48.5 Å². The number of rotatable bonds is 4. The molecule has 0 radical (unpaired) electrons. The van der Waals surface area contributed by atoms with Crippen LogP contribution < -0.4 is 9.47 Å². The molecule has 2 aliphatic rings. The SMILES string of the molecule is COc1ccc(OCC(=O)N2CCC3(CC2)OC(=O)c2ccccc23)cc1. The second-order valence-electron chi connectivity index (χ2n) is 6.77. The van der Waals surface area contributed by atoms with Crippen LogP contribution in [0.5, 0.6) is 11.5 Å². The third-order valence-electron chi connectivity index (χ3n) is 5.27. The molecule has 4 rings (SSSR count). The molecule has 1 spiro atoms. The van der Waals surface area contributed by atoms with Crippen molar-refractivity contribution in [2.75, 3.05) is 26.8 Å². The van der Waals surface area contributed by atoms with E-state index in [-0.39, 0.29) is 18.5 Å². The van der Waals surface area contributed by atoms with Crippen molar-refractivity contribution in [3.63, 3.8) is 0 Å². The number of hydrogen-bond donors (Lipinski definition) is 0. The van der Waals surface area contributed by atoms with Crippen LogP contribution in [0.4, 0.5) is 0 Å². The van der Waals surface area contributed by atoms with Crippen LogP contribution in [-0.4, -0.2) is 43.6 Å². The van der Waals surface area contributed by atoms with E-state index in [1.807, 2.05) is 18.2 Å². The molecule has 0 aromatic heterocycles. The molecule has 1 saturated heterocycles. The third kappa shape index (κ3) is 3.23. The smallest absolute Gasteiger partial charge is 0.339 e. The maximum Gasteiger partial charge on any atom is 0.339 e. The zero-order chi connectivity index (χ0) is 18.9. The van der Waals surface area contributed by atoms with Gasteiger partial charge in [-0.1, -0.05) is 18.2 Å². The van der Waals surface area contributed by atoms with Gasteiger partial charge in [-0.2, -0.15) is 0 Å². The standard InChI is InChI=1S/C21H21NO5/c1-25-15-6-8-16(9-7-15)26-14-19(23)22-12-10-21(11-13-22)18-5-3-2-4-17(18)20(24)27-21/h2-9H,10-14H2,1H3. The van der Waals surface area contributed by atoms with E-state index >= 15 is 0 Å². The predicted octanol–water partition coefficient (Wildman–Crippen LogP) is 2.76. The second-order valence-corrected chi connectivity index (χ2v) is 6.77. The highest BCUT2D eigenvalue weighted by Crippen LogP contribution is 2.43. The van der Waals surface area contributed by atoms with Gasteiger partial charge in [0.2, 0.25) is 0 Å². The van der Waals surface area contributed by atoms with Gasteiger partial charge in [0.15, 0.2) is 6.61 Å². The number of carbonyl (C=O) groups is 2. The Labute approximate surface area is 157 Å². The number of hydrogen-bond acceptors (Lipinski definition) is 5. The van der Waals surface area contributed by atoms with Crippen LogP contribution in [-0.2, 0) is 15.1 Å². The lowest BCUT2D eigenvalue weighted by Crippen LogP contribution is -2.46. The molecule has 6 heteroatoms. The first-order valence-electron chi connectivity index (χ1n) is 8.99.